The molecule has 4 nitrogen and oxygen atoms in total. The van der Waals surface area contributed by atoms with E-state index in [1.807, 2.05) is 13.8 Å². The van der Waals surface area contributed by atoms with E-state index in [0.717, 1.165) is 22.9 Å². The minimum atomic E-state index is 0. The van der Waals surface area contributed by atoms with E-state index in [1.165, 1.54) is 0 Å². The SMILES string of the molecule is Cc1c(C)c([NH-])c2nsnc2c1[NH-].[Y].[Y].[Y].[Y]. The number of nitrogens with zero attached hydrogens (tertiary/aromatic N) is 2. The third-order valence-corrected chi connectivity index (χ3v) is 2.80. The molecular weight excluding hydrogens is 540 g/mol. The summed E-state index contributed by atoms with van der Waals surface area (Å²) in [6.45, 7) is 3.68. The van der Waals surface area contributed by atoms with Crippen molar-refractivity contribution in [2.24, 2.45) is 0 Å². The molecule has 0 spiro atoms. The van der Waals surface area contributed by atoms with Crippen LogP contribution in [0, 0.1) is 13.8 Å². The first kappa shape index (κ1) is 25.0. The van der Waals surface area contributed by atoms with Gasteiger partial charge >= 0.3 is 0 Å². The van der Waals surface area contributed by atoms with E-state index < -0.39 is 0 Å². The summed E-state index contributed by atoms with van der Waals surface area (Å²) >= 11 is 1.06. The molecule has 80 valence electrons. The largest absolute Gasteiger partial charge is 0.697 e. The van der Waals surface area contributed by atoms with E-state index in [2.05, 4.69) is 8.75 Å². The topological polar surface area (TPSA) is 73.4 Å². The second-order valence-corrected chi connectivity index (χ2v) is 3.49. The van der Waals surface area contributed by atoms with Crippen molar-refractivity contribution in [3.05, 3.63) is 22.6 Å². The molecular formula is C8H8N4SY4-2. The molecule has 9 heteroatoms. The van der Waals surface area contributed by atoms with E-state index in [0.29, 0.717) is 22.4 Å². The van der Waals surface area contributed by atoms with Crippen molar-refractivity contribution >= 4 is 34.1 Å². The maximum atomic E-state index is 7.76. The van der Waals surface area contributed by atoms with Crippen molar-refractivity contribution in [1.82, 2.24) is 8.75 Å². The molecule has 0 bridgehead atoms. The van der Waals surface area contributed by atoms with E-state index in [-0.39, 0.29) is 131 Å². The Bertz CT molecular complexity index is 446. The van der Waals surface area contributed by atoms with Crippen molar-refractivity contribution in [2.75, 3.05) is 0 Å². The Labute approximate surface area is 205 Å². The maximum absolute atomic E-state index is 7.76. The third-order valence-electron chi connectivity index (χ3n) is 2.27. The van der Waals surface area contributed by atoms with Crippen LogP contribution in [0.2, 0.25) is 0 Å². The van der Waals surface area contributed by atoms with Crippen molar-refractivity contribution in [2.45, 2.75) is 13.8 Å². The summed E-state index contributed by atoms with van der Waals surface area (Å²) < 4.78 is 8.01. The third kappa shape index (κ3) is 5.07. The van der Waals surface area contributed by atoms with Gasteiger partial charge in [-0.2, -0.15) is 8.75 Å². The molecule has 0 fully saturated rings. The summed E-state index contributed by atoms with van der Waals surface area (Å²) in [6.07, 6.45) is 0. The predicted molar refractivity (Wildman–Crippen MR) is 54.9 cm³/mol. The second-order valence-electron chi connectivity index (χ2n) is 2.96. The Hall–Kier alpha value is 3.06. The first-order valence-corrected chi connectivity index (χ1v) is 4.54. The number of hydrogen-bond donors (Lipinski definition) is 0. The van der Waals surface area contributed by atoms with E-state index >= 15 is 0 Å². The minimum Gasteiger partial charge on any atom is -0.697 e. The van der Waals surface area contributed by atoms with Gasteiger partial charge in [-0.3, -0.25) is 0 Å². The molecule has 1 heterocycles. The summed E-state index contributed by atoms with van der Waals surface area (Å²) in [4.78, 5) is 0. The zero-order valence-electron chi connectivity index (χ0n) is 9.61. The van der Waals surface area contributed by atoms with Crippen LogP contribution in [0.25, 0.3) is 22.5 Å². The van der Waals surface area contributed by atoms with E-state index in [4.69, 9.17) is 11.5 Å². The van der Waals surface area contributed by atoms with Crippen molar-refractivity contribution in [1.29, 1.82) is 0 Å². The smallest absolute Gasteiger partial charge is 0.0882 e. The van der Waals surface area contributed by atoms with Crippen LogP contribution < -0.4 is 0 Å². The second kappa shape index (κ2) is 10.7. The molecule has 2 rings (SSSR count). The Kier molecular flexibility index (Phi) is 15.8. The first-order chi connectivity index (χ1) is 6.13. The first-order valence-electron chi connectivity index (χ1n) is 3.81. The van der Waals surface area contributed by atoms with Crippen LogP contribution >= 0.6 is 11.7 Å². The number of nitrogens with one attached hydrogen (secondary N) is 2. The predicted octanol–water partition coefficient (Wildman–Crippen LogP) is 3.67. The van der Waals surface area contributed by atoms with Gasteiger partial charge in [-0.25, -0.2) is 0 Å². The minimum absolute atomic E-state index is 0. The van der Waals surface area contributed by atoms with Crippen LogP contribution in [0.3, 0.4) is 0 Å². The Morgan fingerprint density at radius 1 is 0.765 bits per heavy atom. The zero-order valence-corrected chi connectivity index (χ0v) is 21.8. The van der Waals surface area contributed by atoms with Gasteiger partial charge in [0.1, 0.15) is 0 Å². The number of aromatic nitrogens is 2. The molecule has 17 heavy (non-hydrogen) atoms. The molecule has 0 aliphatic rings. The Morgan fingerprint density at radius 2 is 1.06 bits per heavy atom. The average Bonchev–Trinajstić information content (AvgIpc) is 2.59. The summed E-state index contributed by atoms with van der Waals surface area (Å²) in [7, 11) is 0. The number of fused-ring (bicyclic) bond motifs is 1. The van der Waals surface area contributed by atoms with Crippen molar-refractivity contribution in [3.8, 4) is 0 Å². The molecule has 0 saturated carbocycles. The number of rotatable bonds is 0. The maximum Gasteiger partial charge on any atom is 0.0882 e. The van der Waals surface area contributed by atoms with Gasteiger partial charge in [0, 0.05) is 131 Å². The normalized spacial score (nSPS) is 8.35. The molecule has 0 unspecified atom stereocenters. The van der Waals surface area contributed by atoms with Gasteiger partial charge in [-0.15, -0.1) is 11.4 Å². The quantitative estimate of drug-likeness (QED) is 0.505. The van der Waals surface area contributed by atoms with Crippen LogP contribution in [-0.4, -0.2) is 8.75 Å². The number of hydrogen-bond acceptors (Lipinski definition) is 3. The summed E-state index contributed by atoms with van der Waals surface area (Å²) in [5, 5.41) is 0. The molecule has 4 radical (unpaired) electrons. The van der Waals surface area contributed by atoms with E-state index in [1.54, 1.807) is 0 Å². The van der Waals surface area contributed by atoms with Gasteiger partial charge in [0.2, 0.25) is 0 Å². The summed E-state index contributed by atoms with van der Waals surface area (Å²) in [5.74, 6) is 0. The summed E-state index contributed by atoms with van der Waals surface area (Å²) in [5.41, 5.74) is 19.1. The summed E-state index contributed by atoms with van der Waals surface area (Å²) in [6, 6.07) is 0. The average molecular weight is 548 g/mol. The molecule has 2 N–H and O–H groups in total. The molecule has 0 aliphatic heterocycles. The van der Waals surface area contributed by atoms with Gasteiger partial charge < -0.3 is 11.5 Å². The van der Waals surface area contributed by atoms with Crippen LogP contribution in [0.15, 0.2) is 0 Å². The van der Waals surface area contributed by atoms with Crippen LogP contribution in [-0.2, 0) is 131 Å². The Morgan fingerprint density at radius 3 is 1.35 bits per heavy atom. The van der Waals surface area contributed by atoms with E-state index in [9.17, 15) is 0 Å². The van der Waals surface area contributed by atoms with Gasteiger partial charge in [0.05, 0.1) is 22.8 Å². The van der Waals surface area contributed by atoms with Gasteiger partial charge in [0.15, 0.2) is 0 Å². The van der Waals surface area contributed by atoms with Crippen LogP contribution in [0.1, 0.15) is 11.1 Å². The number of benzene rings is 1. The van der Waals surface area contributed by atoms with Crippen molar-refractivity contribution < 1.29 is 131 Å². The Balaban J connectivity index is -0.000000490. The fourth-order valence-electron chi connectivity index (χ4n) is 1.25. The van der Waals surface area contributed by atoms with Crippen LogP contribution in [0.4, 0.5) is 11.4 Å². The van der Waals surface area contributed by atoms with Crippen molar-refractivity contribution in [3.63, 3.8) is 0 Å². The van der Waals surface area contributed by atoms with Gasteiger partial charge in [-0.1, -0.05) is 11.1 Å². The monoisotopic (exact) mass is 548 g/mol. The molecule has 0 saturated heterocycles. The molecule has 1 aromatic heterocycles. The molecule has 0 aliphatic carbocycles. The fourth-order valence-corrected chi connectivity index (χ4v) is 1.81. The molecule has 0 atom stereocenters. The standard InChI is InChI=1S/C8H8N4S.4Y/c1-3-4(2)6(10)8-7(5(3)9)11-13-12-8;;;;/h9-10H,1-2H3;;;;/q-2;;;;. The van der Waals surface area contributed by atoms with Crippen LogP contribution in [0.5, 0.6) is 0 Å². The van der Waals surface area contributed by atoms with Gasteiger partial charge in [0.25, 0.3) is 0 Å². The molecule has 1 aromatic carbocycles. The van der Waals surface area contributed by atoms with Gasteiger partial charge in [-0.05, 0) is 13.8 Å². The molecule has 2 aromatic rings. The molecule has 0 amide bonds. The fraction of sp³-hybridized carbons (Fsp3) is 0.250. The zero-order chi connectivity index (χ0) is 9.59.